The van der Waals surface area contributed by atoms with Crippen molar-refractivity contribution in [3.63, 3.8) is 0 Å². The minimum atomic E-state index is 0.523. The highest BCUT2D eigenvalue weighted by atomic mass is 16.5. The molecule has 2 aliphatic heterocycles. The zero-order valence-corrected chi connectivity index (χ0v) is 51.1. The Morgan fingerprint density at radius 1 is 0.286 bits per heavy atom. The average Bonchev–Trinajstić information content (AvgIpc) is 4.31. The maximum absolute atomic E-state index is 7.30. The Kier molecular flexibility index (Phi) is 14.7. The summed E-state index contributed by atoms with van der Waals surface area (Å²) in [5.74, 6) is 15.3. The summed E-state index contributed by atoms with van der Waals surface area (Å²) in [5, 5.41) is 0. The second-order valence-electron chi connectivity index (χ2n) is 33.9. The summed E-state index contributed by atoms with van der Waals surface area (Å²) in [6.07, 6.45) is 58.8. The normalized spacial score (nSPS) is 53.0. The molecule has 77 heavy (non-hydrogen) atoms. The number of rotatable bonds is 10. The SMILES string of the molecule is CCCC1(CCC)C2CC(N(C3CCC4C(C3)OC3CCCCC34)C3CCC4C5CCCCC5C(C)(C)C4C3)CCC2C2CCC(N(C3CCC4C(C3)OC3CCCCC34)C3CCC4C5CCCCC5C(C)(C)C4C3)CC21. The Bertz CT molecular complexity index is 1910. The molecule has 0 N–H and O–H groups in total. The molecule has 15 fully saturated rings. The maximum Gasteiger partial charge on any atom is 0.0625 e. The standard InChI is InChI=1S/C73H120N2O2/c1-7-37-73(38-8-2)65-41-47(74(49-29-35-59-57-19-11-15-23-67(57)76-69(59)43-49)45-25-31-53-51-17-9-13-21-61(51)71(3,4)63(53)39-45)27-33-55(65)56-34-28-48(42-66(56)73)75(50-30-36-60-58-20-12-16-24-68(58)77-70(60)44-50)46-26-32-54-52-18-10-14-22-62(52)72(5,6)64(54)40-46/h45-70H,7-44H2,1-6H3. The van der Waals surface area contributed by atoms with Gasteiger partial charge >= 0.3 is 0 Å². The smallest absolute Gasteiger partial charge is 0.0625 e. The molecule has 26 atom stereocenters. The van der Waals surface area contributed by atoms with E-state index in [0.717, 1.165) is 131 Å². The highest BCUT2D eigenvalue weighted by Gasteiger charge is 2.65. The van der Waals surface area contributed by atoms with Gasteiger partial charge in [0.25, 0.3) is 0 Å². The van der Waals surface area contributed by atoms with Gasteiger partial charge in [-0.15, -0.1) is 0 Å². The number of fused-ring (bicyclic) bond motifs is 15. The fourth-order valence-corrected chi connectivity index (χ4v) is 28.6. The third kappa shape index (κ3) is 8.71. The first-order chi connectivity index (χ1) is 37.6. The number of ether oxygens (including phenoxy) is 2. The lowest BCUT2D eigenvalue weighted by molar-refractivity contribution is -0.0693. The van der Waals surface area contributed by atoms with Gasteiger partial charge in [-0.1, -0.05) is 106 Å². The minimum absolute atomic E-state index is 0.523. The fraction of sp³-hybridized carbons (Fsp3) is 1.00. The van der Waals surface area contributed by atoms with Crippen molar-refractivity contribution in [3.05, 3.63) is 0 Å². The molecule has 2 heterocycles. The fourth-order valence-electron chi connectivity index (χ4n) is 28.6. The van der Waals surface area contributed by atoms with Crippen molar-refractivity contribution >= 4 is 0 Å². The lowest BCUT2D eigenvalue weighted by Crippen LogP contribution is -2.57. The first-order valence-corrected chi connectivity index (χ1v) is 36.4. The molecule has 13 saturated carbocycles. The molecule has 15 aliphatic rings. The van der Waals surface area contributed by atoms with Crippen LogP contribution in [0.15, 0.2) is 0 Å². The van der Waals surface area contributed by atoms with E-state index in [-0.39, 0.29) is 0 Å². The Hall–Kier alpha value is -0.160. The van der Waals surface area contributed by atoms with Crippen LogP contribution in [0.1, 0.15) is 286 Å². The van der Waals surface area contributed by atoms with Gasteiger partial charge in [0, 0.05) is 36.3 Å². The van der Waals surface area contributed by atoms with Gasteiger partial charge in [-0.2, -0.15) is 0 Å². The highest BCUT2D eigenvalue weighted by molar-refractivity contribution is 5.15. The van der Waals surface area contributed by atoms with E-state index in [4.69, 9.17) is 9.47 Å². The molecule has 0 radical (unpaired) electrons. The van der Waals surface area contributed by atoms with Gasteiger partial charge in [0.15, 0.2) is 0 Å². The molecule has 15 rings (SSSR count). The van der Waals surface area contributed by atoms with Crippen LogP contribution in [-0.4, -0.2) is 70.5 Å². The Balaban J connectivity index is 0.732. The van der Waals surface area contributed by atoms with Crippen LogP contribution in [0.25, 0.3) is 0 Å². The number of nitrogens with zero attached hydrogens (tertiary/aromatic N) is 2. The van der Waals surface area contributed by atoms with Crippen LogP contribution in [0, 0.1) is 111 Å². The first kappa shape index (κ1) is 53.6. The van der Waals surface area contributed by atoms with E-state index >= 15 is 0 Å². The van der Waals surface area contributed by atoms with Crippen LogP contribution in [0.5, 0.6) is 0 Å². The summed E-state index contributed by atoms with van der Waals surface area (Å²) < 4.78 is 14.6. The summed E-state index contributed by atoms with van der Waals surface area (Å²) in [7, 11) is 0. The third-order valence-corrected chi connectivity index (χ3v) is 31.0. The average molecular weight is 1060 g/mol. The van der Waals surface area contributed by atoms with Gasteiger partial charge in [0.2, 0.25) is 0 Å². The summed E-state index contributed by atoms with van der Waals surface area (Å²) in [4.78, 5) is 6.96. The summed E-state index contributed by atoms with van der Waals surface area (Å²) >= 11 is 0. The molecule has 13 aliphatic carbocycles. The van der Waals surface area contributed by atoms with E-state index in [1.54, 1.807) is 51.4 Å². The number of hydrogen-bond acceptors (Lipinski definition) is 4. The van der Waals surface area contributed by atoms with Crippen molar-refractivity contribution in [2.75, 3.05) is 0 Å². The van der Waals surface area contributed by atoms with Crippen LogP contribution in [0.2, 0.25) is 0 Å². The zero-order valence-electron chi connectivity index (χ0n) is 51.1. The molecule has 26 unspecified atom stereocenters. The van der Waals surface area contributed by atoms with E-state index in [0.29, 0.717) is 40.7 Å². The molecule has 4 heteroatoms. The lowest BCUT2D eigenvalue weighted by atomic mass is 9.59. The second-order valence-corrected chi connectivity index (χ2v) is 33.9. The van der Waals surface area contributed by atoms with Crippen LogP contribution in [0.3, 0.4) is 0 Å². The first-order valence-electron chi connectivity index (χ1n) is 36.4. The Morgan fingerprint density at radius 2 is 0.571 bits per heavy atom. The summed E-state index contributed by atoms with van der Waals surface area (Å²) in [6, 6.07) is 4.73. The topological polar surface area (TPSA) is 24.9 Å². The highest BCUT2D eigenvalue weighted by Crippen LogP contribution is 2.70. The van der Waals surface area contributed by atoms with E-state index in [1.165, 1.54) is 193 Å². The van der Waals surface area contributed by atoms with Gasteiger partial charge in [-0.05, 0) is 291 Å². The van der Waals surface area contributed by atoms with E-state index in [9.17, 15) is 0 Å². The molecule has 4 nitrogen and oxygen atoms in total. The molecule has 0 aromatic rings. The monoisotopic (exact) mass is 1060 g/mol. The van der Waals surface area contributed by atoms with Crippen LogP contribution < -0.4 is 0 Å². The van der Waals surface area contributed by atoms with Crippen LogP contribution in [0.4, 0.5) is 0 Å². The number of hydrogen-bond donors (Lipinski definition) is 0. The predicted molar refractivity (Wildman–Crippen MR) is 316 cm³/mol. The van der Waals surface area contributed by atoms with E-state index in [2.05, 4.69) is 51.3 Å². The van der Waals surface area contributed by atoms with Crippen molar-refractivity contribution in [2.24, 2.45) is 111 Å². The van der Waals surface area contributed by atoms with Crippen molar-refractivity contribution < 1.29 is 9.47 Å². The molecule has 0 amide bonds. The minimum Gasteiger partial charge on any atom is -0.374 e. The van der Waals surface area contributed by atoms with Crippen molar-refractivity contribution in [1.82, 2.24) is 9.80 Å². The molecule has 0 aromatic carbocycles. The molecular weight excluding hydrogens is 937 g/mol. The zero-order chi connectivity index (χ0) is 52.0. The molecule has 0 bridgehead atoms. The van der Waals surface area contributed by atoms with Gasteiger partial charge in [-0.25, -0.2) is 0 Å². The predicted octanol–water partition coefficient (Wildman–Crippen LogP) is 18.3. The maximum atomic E-state index is 7.30. The Labute approximate surface area is 474 Å². The summed E-state index contributed by atoms with van der Waals surface area (Å²) in [5.41, 5.74) is 1.59. The van der Waals surface area contributed by atoms with Gasteiger partial charge < -0.3 is 9.47 Å². The molecule has 434 valence electrons. The Morgan fingerprint density at radius 3 is 0.961 bits per heavy atom. The van der Waals surface area contributed by atoms with Gasteiger partial charge in [-0.3, -0.25) is 9.80 Å². The van der Waals surface area contributed by atoms with Gasteiger partial charge in [0.1, 0.15) is 0 Å². The van der Waals surface area contributed by atoms with Crippen LogP contribution in [-0.2, 0) is 9.47 Å². The second kappa shape index (κ2) is 21.1. The van der Waals surface area contributed by atoms with Crippen molar-refractivity contribution in [3.8, 4) is 0 Å². The van der Waals surface area contributed by atoms with E-state index < -0.39 is 0 Å². The summed E-state index contributed by atoms with van der Waals surface area (Å²) in [6.45, 7) is 16.4. The molecule has 0 aromatic heterocycles. The molecular formula is C73H120N2O2. The van der Waals surface area contributed by atoms with Crippen molar-refractivity contribution in [2.45, 2.75) is 346 Å². The van der Waals surface area contributed by atoms with E-state index in [1.807, 2.05) is 0 Å². The van der Waals surface area contributed by atoms with Crippen LogP contribution >= 0.6 is 0 Å². The largest absolute Gasteiger partial charge is 0.374 e. The quantitative estimate of drug-likeness (QED) is 0.218. The lowest BCUT2D eigenvalue weighted by Gasteiger charge is -2.55. The molecule has 0 spiro atoms. The molecule has 2 saturated heterocycles. The third-order valence-electron chi connectivity index (χ3n) is 31.0. The van der Waals surface area contributed by atoms with Crippen molar-refractivity contribution in [1.29, 1.82) is 0 Å². The van der Waals surface area contributed by atoms with Gasteiger partial charge in [0.05, 0.1) is 24.4 Å².